The zero-order valence-electron chi connectivity index (χ0n) is 20.4. The molecule has 0 saturated carbocycles. The third-order valence-electron chi connectivity index (χ3n) is 5.84. The Kier molecular flexibility index (Phi) is 9.18. The fraction of sp³-hybridized carbons (Fsp3) is 0.296. The highest BCUT2D eigenvalue weighted by molar-refractivity contribution is 8.00. The van der Waals surface area contributed by atoms with Gasteiger partial charge in [-0.2, -0.15) is 0 Å². The van der Waals surface area contributed by atoms with Crippen molar-refractivity contribution in [2.75, 3.05) is 17.2 Å². The van der Waals surface area contributed by atoms with Gasteiger partial charge < -0.3 is 15.4 Å². The largest absolute Gasteiger partial charge is 0.462 e. The van der Waals surface area contributed by atoms with Crippen LogP contribution >= 0.6 is 46.3 Å². The number of hydrogen-bond acceptors (Lipinski definition) is 6. The van der Waals surface area contributed by atoms with E-state index >= 15 is 0 Å². The first-order valence-electron chi connectivity index (χ1n) is 11.9. The first-order valence-corrected chi connectivity index (χ1v) is 14.4. The summed E-state index contributed by atoms with van der Waals surface area (Å²) >= 11 is 14.9. The van der Waals surface area contributed by atoms with Crippen molar-refractivity contribution < 1.29 is 19.1 Å². The fourth-order valence-corrected chi connectivity index (χ4v) is 6.76. The Labute approximate surface area is 234 Å². The zero-order chi connectivity index (χ0) is 26.5. The number of hydrogen-bond donors (Lipinski definition) is 2. The molecule has 37 heavy (non-hydrogen) atoms. The summed E-state index contributed by atoms with van der Waals surface area (Å²) in [6.45, 7) is 3.85. The van der Waals surface area contributed by atoms with Gasteiger partial charge in [-0.15, -0.1) is 23.1 Å². The van der Waals surface area contributed by atoms with Gasteiger partial charge in [0.05, 0.1) is 28.0 Å². The Morgan fingerprint density at radius 3 is 2.62 bits per heavy atom. The van der Waals surface area contributed by atoms with Crippen LogP contribution in [-0.4, -0.2) is 29.6 Å². The third-order valence-corrected chi connectivity index (χ3v) is 8.69. The van der Waals surface area contributed by atoms with Crippen LogP contribution in [-0.2, 0) is 22.4 Å². The van der Waals surface area contributed by atoms with Crippen molar-refractivity contribution in [1.82, 2.24) is 0 Å². The second-order valence-corrected chi connectivity index (χ2v) is 11.9. The van der Waals surface area contributed by atoms with Gasteiger partial charge in [0, 0.05) is 20.5 Å². The lowest BCUT2D eigenvalue weighted by Crippen LogP contribution is -2.23. The van der Waals surface area contributed by atoms with Crippen molar-refractivity contribution >= 4 is 74.8 Å². The first kappa shape index (κ1) is 27.5. The molecule has 0 saturated heterocycles. The van der Waals surface area contributed by atoms with Gasteiger partial charge in [-0.3, -0.25) is 9.59 Å². The van der Waals surface area contributed by atoms with Gasteiger partial charge in [0.2, 0.25) is 5.91 Å². The predicted octanol–water partition coefficient (Wildman–Crippen LogP) is 7.48. The fourth-order valence-electron chi connectivity index (χ4n) is 4.06. The molecule has 2 aromatic carbocycles. The summed E-state index contributed by atoms with van der Waals surface area (Å²) in [5.41, 5.74) is 2.39. The number of aryl methyl sites for hydroxylation is 1. The van der Waals surface area contributed by atoms with Gasteiger partial charge in [0.25, 0.3) is 5.91 Å². The highest BCUT2D eigenvalue weighted by Crippen LogP contribution is 2.39. The summed E-state index contributed by atoms with van der Waals surface area (Å²) in [6.07, 6.45) is 3.83. The lowest BCUT2D eigenvalue weighted by atomic mass is 9.95. The third kappa shape index (κ3) is 6.68. The maximum Gasteiger partial charge on any atom is 0.341 e. The molecule has 10 heteroatoms. The summed E-state index contributed by atoms with van der Waals surface area (Å²) in [7, 11) is 0. The number of fused-ring (bicyclic) bond motifs is 1. The van der Waals surface area contributed by atoms with Gasteiger partial charge in [-0.25, -0.2) is 4.79 Å². The molecule has 1 unspecified atom stereocenters. The minimum atomic E-state index is -0.453. The average Bonchev–Trinajstić information content (AvgIpc) is 3.22. The van der Waals surface area contributed by atoms with Crippen molar-refractivity contribution in [3.05, 3.63) is 74.1 Å². The highest BCUT2D eigenvalue weighted by Gasteiger charge is 2.28. The van der Waals surface area contributed by atoms with Crippen LogP contribution in [0.15, 0.2) is 47.4 Å². The number of thioether (sulfide) groups is 1. The number of benzene rings is 2. The molecular formula is C27H26Cl2N2O4S2. The molecule has 1 aliphatic carbocycles. The van der Waals surface area contributed by atoms with E-state index in [9.17, 15) is 14.4 Å². The molecule has 4 rings (SSSR count). The van der Waals surface area contributed by atoms with E-state index in [4.69, 9.17) is 27.9 Å². The Morgan fingerprint density at radius 1 is 1.08 bits per heavy atom. The molecule has 1 heterocycles. The lowest BCUT2D eigenvalue weighted by molar-refractivity contribution is -0.115. The van der Waals surface area contributed by atoms with Crippen molar-refractivity contribution in [2.45, 2.75) is 49.7 Å². The number of ether oxygens (including phenoxy) is 1. The Bertz CT molecular complexity index is 1340. The van der Waals surface area contributed by atoms with Crippen LogP contribution < -0.4 is 10.6 Å². The number of esters is 1. The number of amides is 2. The van der Waals surface area contributed by atoms with Gasteiger partial charge in [0.15, 0.2) is 0 Å². The number of nitrogens with one attached hydrogen (secondary N) is 2. The smallest absolute Gasteiger partial charge is 0.341 e. The molecular weight excluding hydrogens is 551 g/mol. The molecule has 2 N–H and O–H groups in total. The van der Waals surface area contributed by atoms with Crippen LogP contribution in [0.5, 0.6) is 0 Å². The van der Waals surface area contributed by atoms with Crippen molar-refractivity contribution in [3.8, 4) is 0 Å². The summed E-state index contributed by atoms with van der Waals surface area (Å²) in [5.74, 6) is -0.957. The molecule has 6 nitrogen and oxygen atoms in total. The van der Waals surface area contributed by atoms with Crippen LogP contribution in [0.1, 0.15) is 57.8 Å². The van der Waals surface area contributed by atoms with E-state index in [1.54, 1.807) is 44.2 Å². The molecule has 0 radical (unpaired) electrons. The molecule has 0 aliphatic heterocycles. The Hall–Kier alpha value is -2.52. The SMILES string of the molecule is CCOC(=O)c1c(NC(=O)C(C)Sc2cccc(NC(=O)c3ccc(Cl)cc3Cl)c2)sc2c1CCCC2. The summed E-state index contributed by atoms with van der Waals surface area (Å²) in [6, 6.07) is 11.9. The number of thiophene rings is 1. The van der Waals surface area contributed by atoms with Crippen molar-refractivity contribution in [1.29, 1.82) is 0 Å². The Balaban J connectivity index is 1.44. The van der Waals surface area contributed by atoms with Gasteiger partial charge in [-0.05, 0) is 81.5 Å². The van der Waals surface area contributed by atoms with Crippen LogP contribution in [0.25, 0.3) is 0 Å². The quantitative estimate of drug-likeness (QED) is 0.214. The maximum atomic E-state index is 13.1. The molecule has 0 fully saturated rings. The van der Waals surface area contributed by atoms with E-state index in [2.05, 4.69) is 10.6 Å². The van der Waals surface area contributed by atoms with E-state index < -0.39 is 5.25 Å². The number of carbonyl (C=O) groups is 3. The molecule has 194 valence electrons. The lowest BCUT2D eigenvalue weighted by Gasteiger charge is -2.14. The van der Waals surface area contributed by atoms with E-state index in [0.717, 1.165) is 41.0 Å². The van der Waals surface area contributed by atoms with E-state index in [1.165, 1.54) is 29.2 Å². The van der Waals surface area contributed by atoms with Crippen molar-refractivity contribution in [3.63, 3.8) is 0 Å². The van der Waals surface area contributed by atoms with E-state index in [1.807, 2.05) is 6.07 Å². The number of halogens is 2. The minimum Gasteiger partial charge on any atom is -0.462 e. The molecule has 3 aromatic rings. The second-order valence-electron chi connectivity index (χ2n) is 8.49. The molecule has 0 bridgehead atoms. The van der Waals surface area contributed by atoms with Crippen molar-refractivity contribution in [2.24, 2.45) is 0 Å². The molecule has 2 amide bonds. The van der Waals surface area contributed by atoms with Gasteiger partial charge >= 0.3 is 5.97 Å². The van der Waals surface area contributed by atoms with E-state index in [-0.39, 0.29) is 29.4 Å². The highest BCUT2D eigenvalue weighted by atomic mass is 35.5. The number of anilines is 2. The average molecular weight is 578 g/mol. The Morgan fingerprint density at radius 2 is 1.86 bits per heavy atom. The van der Waals surface area contributed by atoms with Crippen LogP contribution in [0.2, 0.25) is 10.0 Å². The van der Waals surface area contributed by atoms with Gasteiger partial charge in [0.1, 0.15) is 5.00 Å². The van der Waals surface area contributed by atoms with Crippen LogP contribution in [0.4, 0.5) is 10.7 Å². The minimum absolute atomic E-state index is 0.212. The van der Waals surface area contributed by atoms with Crippen LogP contribution in [0, 0.1) is 0 Å². The standard InChI is InChI=1S/C27H26Cl2N2O4S2/c1-3-35-27(34)23-20-9-4-5-10-22(20)37-26(23)31-24(32)15(2)36-18-8-6-7-17(14-18)30-25(33)19-12-11-16(28)13-21(19)29/h6-8,11-15H,3-5,9-10H2,1-2H3,(H,30,33)(H,31,32). The first-order chi connectivity index (χ1) is 17.8. The second kappa shape index (κ2) is 12.3. The zero-order valence-corrected chi connectivity index (χ0v) is 23.5. The van der Waals surface area contributed by atoms with Crippen LogP contribution in [0.3, 0.4) is 0 Å². The summed E-state index contributed by atoms with van der Waals surface area (Å²) in [4.78, 5) is 40.4. The number of carbonyl (C=O) groups excluding carboxylic acids is 3. The number of rotatable bonds is 8. The normalized spacial score (nSPS) is 13.4. The monoisotopic (exact) mass is 576 g/mol. The topological polar surface area (TPSA) is 84.5 Å². The summed E-state index contributed by atoms with van der Waals surface area (Å²) < 4.78 is 5.28. The molecule has 0 spiro atoms. The maximum absolute atomic E-state index is 13.1. The molecule has 1 aromatic heterocycles. The predicted molar refractivity (Wildman–Crippen MR) is 152 cm³/mol. The molecule has 1 aliphatic rings. The van der Waals surface area contributed by atoms with E-state index in [0.29, 0.717) is 26.8 Å². The summed E-state index contributed by atoms with van der Waals surface area (Å²) in [5, 5.41) is 6.62. The van der Waals surface area contributed by atoms with Gasteiger partial charge in [-0.1, -0.05) is 29.3 Å². The molecule has 1 atom stereocenters.